The zero-order valence-corrected chi connectivity index (χ0v) is 19.0. The van der Waals surface area contributed by atoms with E-state index in [9.17, 15) is 9.90 Å². The van der Waals surface area contributed by atoms with Crippen molar-refractivity contribution in [3.05, 3.63) is 95.1 Å². The zero-order valence-electron chi connectivity index (χ0n) is 18.2. The highest BCUT2D eigenvalue weighted by atomic mass is 35.5. The minimum Gasteiger partial charge on any atom is -0.497 e. The summed E-state index contributed by atoms with van der Waals surface area (Å²) < 4.78 is 12.5. The Labute approximate surface area is 197 Å². The molecule has 0 spiro atoms. The molecule has 0 amide bonds. The maximum Gasteiger partial charge on any atom is 0.311 e. The number of aromatic nitrogens is 2. The SMILES string of the molecule is COc1ccc(-n2nc(CC(C(=O)O)c3ccccc3OC)cc2-c2ccc(Cl)cc2)cc1. The Morgan fingerprint density at radius 1 is 1.00 bits per heavy atom. The third kappa shape index (κ3) is 4.86. The predicted molar refractivity (Wildman–Crippen MR) is 128 cm³/mol. The first-order valence-electron chi connectivity index (χ1n) is 10.3. The van der Waals surface area contributed by atoms with Crippen molar-refractivity contribution in [1.82, 2.24) is 9.78 Å². The first-order valence-corrected chi connectivity index (χ1v) is 10.7. The first kappa shape index (κ1) is 22.4. The molecular weight excluding hydrogens is 440 g/mol. The summed E-state index contributed by atoms with van der Waals surface area (Å²) in [6.07, 6.45) is 0.208. The second-order valence-corrected chi connectivity index (χ2v) is 7.91. The smallest absolute Gasteiger partial charge is 0.311 e. The Morgan fingerprint density at radius 2 is 1.70 bits per heavy atom. The van der Waals surface area contributed by atoms with Crippen molar-refractivity contribution in [2.24, 2.45) is 0 Å². The lowest BCUT2D eigenvalue weighted by Crippen LogP contribution is -2.16. The van der Waals surface area contributed by atoms with Crippen LogP contribution in [0.4, 0.5) is 0 Å². The van der Waals surface area contributed by atoms with Gasteiger partial charge in [-0.15, -0.1) is 0 Å². The van der Waals surface area contributed by atoms with Gasteiger partial charge in [0, 0.05) is 22.6 Å². The van der Waals surface area contributed by atoms with Crippen LogP contribution >= 0.6 is 11.6 Å². The zero-order chi connectivity index (χ0) is 23.4. The number of carboxylic acids is 1. The van der Waals surface area contributed by atoms with E-state index in [1.165, 1.54) is 7.11 Å². The van der Waals surface area contributed by atoms with Crippen molar-refractivity contribution in [1.29, 1.82) is 0 Å². The van der Waals surface area contributed by atoms with E-state index < -0.39 is 11.9 Å². The number of carbonyl (C=O) groups is 1. The highest BCUT2D eigenvalue weighted by molar-refractivity contribution is 6.30. The molecule has 33 heavy (non-hydrogen) atoms. The number of nitrogens with zero attached hydrogens (tertiary/aromatic N) is 2. The molecule has 3 aromatic carbocycles. The Morgan fingerprint density at radius 3 is 2.33 bits per heavy atom. The summed E-state index contributed by atoms with van der Waals surface area (Å²) in [6, 6.07) is 24.1. The summed E-state index contributed by atoms with van der Waals surface area (Å²) in [5.74, 6) is -0.469. The molecule has 1 heterocycles. The van der Waals surface area contributed by atoms with Gasteiger partial charge in [-0.2, -0.15) is 5.10 Å². The number of methoxy groups -OCH3 is 2. The molecule has 1 atom stereocenters. The molecule has 0 bridgehead atoms. The van der Waals surface area contributed by atoms with Gasteiger partial charge in [0.05, 0.1) is 37.2 Å². The number of rotatable bonds is 8. The van der Waals surface area contributed by atoms with E-state index in [1.54, 1.807) is 23.9 Å². The van der Waals surface area contributed by atoms with Gasteiger partial charge in [-0.1, -0.05) is 41.9 Å². The summed E-state index contributed by atoms with van der Waals surface area (Å²) in [5, 5.41) is 15.4. The number of carboxylic acid groups (broad SMARTS) is 1. The molecule has 7 heteroatoms. The van der Waals surface area contributed by atoms with E-state index in [4.69, 9.17) is 26.2 Å². The van der Waals surface area contributed by atoms with Gasteiger partial charge in [0.1, 0.15) is 11.5 Å². The van der Waals surface area contributed by atoms with Crippen LogP contribution in [0, 0.1) is 0 Å². The maximum atomic E-state index is 12.2. The fourth-order valence-electron chi connectivity index (χ4n) is 3.77. The fraction of sp³-hybridized carbons (Fsp3) is 0.154. The lowest BCUT2D eigenvalue weighted by atomic mass is 9.93. The second-order valence-electron chi connectivity index (χ2n) is 7.47. The normalized spacial score (nSPS) is 11.7. The quantitative estimate of drug-likeness (QED) is 0.368. The van der Waals surface area contributed by atoms with Crippen LogP contribution in [-0.2, 0) is 11.2 Å². The highest BCUT2D eigenvalue weighted by Gasteiger charge is 2.26. The molecule has 0 radical (unpaired) electrons. The van der Waals surface area contributed by atoms with Gasteiger partial charge < -0.3 is 14.6 Å². The summed E-state index contributed by atoms with van der Waals surface area (Å²) in [6.45, 7) is 0. The first-order chi connectivity index (χ1) is 16.0. The lowest BCUT2D eigenvalue weighted by molar-refractivity contribution is -0.138. The van der Waals surface area contributed by atoms with Crippen LogP contribution in [0.25, 0.3) is 16.9 Å². The van der Waals surface area contributed by atoms with Crippen molar-refractivity contribution in [2.75, 3.05) is 14.2 Å². The molecule has 0 aliphatic carbocycles. The Balaban J connectivity index is 1.78. The van der Waals surface area contributed by atoms with E-state index in [-0.39, 0.29) is 6.42 Å². The van der Waals surface area contributed by atoms with Gasteiger partial charge in [-0.25, -0.2) is 4.68 Å². The van der Waals surface area contributed by atoms with E-state index in [2.05, 4.69) is 0 Å². The van der Waals surface area contributed by atoms with Crippen molar-refractivity contribution >= 4 is 17.6 Å². The van der Waals surface area contributed by atoms with Gasteiger partial charge in [-0.3, -0.25) is 4.79 Å². The second kappa shape index (κ2) is 9.79. The molecule has 0 saturated carbocycles. The standard InChI is InChI=1S/C26H23ClN2O4/c1-32-21-13-11-20(12-14-21)29-24(17-7-9-18(27)10-8-17)16-19(28-29)15-23(26(30)31)22-5-3-4-6-25(22)33-2/h3-14,16,23H,15H2,1-2H3,(H,30,31). The number of hydrogen-bond acceptors (Lipinski definition) is 4. The number of halogens is 1. The summed E-state index contributed by atoms with van der Waals surface area (Å²) in [7, 11) is 3.15. The Kier molecular flexibility index (Phi) is 6.66. The van der Waals surface area contributed by atoms with E-state index in [0.717, 1.165) is 22.7 Å². The van der Waals surface area contributed by atoms with Crippen molar-refractivity contribution in [2.45, 2.75) is 12.3 Å². The van der Waals surface area contributed by atoms with Crippen molar-refractivity contribution in [3.8, 4) is 28.4 Å². The average Bonchev–Trinajstić information content (AvgIpc) is 3.27. The molecule has 0 aliphatic rings. The molecule has 1 N–H and O–H groups in total. The van der Waals surface area contributed by atoms with E-state index >= 15 is 0 Å². The third-order valence-corrected chi connectivity index (χ3v) is 5.69. The molecule has 0 saturated heterocycles. The van der Waals surface area contributed by atoms with Crippen LogP contribution in [0.5, 0.6) is 11.5 Å². The molecule has 0 fully saturated rings. The van der Waals surface area contributed by atoms with Crippen LogP contribution in [-0.4, -0.2) is 35.1 Å². The number of para-hydroxylation sites is 1. The molecule has 168 valence electrons. The molecule has 6 nitrogen and oxygen atoms in total. The van der Waals surface area contributed by atoms with Gasteiger partial charge in [-0.05, 0) is 48.5 Å². The summed E-state index contributed by atoms with van der Waals surface area (Å²) >= 11 is 6.08. The van der Waals surface area contributed by atoms with Crippen LogP contribution in [0.15, 0.2) is 78.9 Å². The topological polar surface area (TPSA) is 73.6 Å². The van der Waals surface area contributed by atoms with Crippen LogP contribution in [0.2, 0.25) is 5.02 Å². The van der Waals surface area contributed by atoms with Crippen molar-refractivity contribution < 1.29 is 19.4 Å². The average molecular weight is 463 g/mol. The molecular formula is C26H23ClN2O4. The molecule has 4 rings (SSSR count). The number of ether oxygens (including phenoxy) is 2. The Hall–Kier alpha value is -3.77. The number of benzene rings is 3. The highest BCUT2D eigenvalue weighted by Crippen LogP contribution is 2.32. The van der Waals surface area contributed by atoms with Crippen LogP contribution in [0.3, 0.4) is 0 Å². The summed E-state index contributed by atoms with van der Waals surface area (Å²) in [4.78, 5) is 12.2. The fourth-order valence-corrected chi connectivity index (χ4v) is 3.90. The van der Waals surface area contributed by atoms with Crippen LogP contribution < -0.4 is 9.47 Å². The van der Waals surface area contributed by atoms with Crippen LogP contribution in [0.1, 0.15) is 17.2 Å². The number of hydrogen-bond donors (Lipinski definition) is 1. The Bertz CT molecular complexity index is 1250. The van der Waals surface area contributed by atoms with Gasteiger partial charge in [0.25, 0.3) is 0 Å². The van der Waals surface area contributed by atoms with E-state index in [1.807, 2.05) is 66.7 Å². The summed E-state index contributed by atoms with van der Waals surface area (Å²) in [5.41, 5.74) is 3.83. The van der Waals surface area contributed by atoms with E-state index in [0.29, 0.717) is 22.0 Å². The van der Waals surface area contributed by atoms with Gasteiger partial charge >= 0.3 is 5.97 Å². The van der Waals surface area contributed by atoms with Gasteiger partial charge in [0.2, 0.25) is 0 Å². The minimum absolute atomic E-state index is 0.208. The van der Waals surface area contributed by atoms with Gasteiger partial charge in [0.15, 0.2) is 0 Å². The molecule has 4 aromatic rings. The molecule has 0 aliphatic heterocycles. The maximum absolute atomic E-state index is 12.2. The monoisotopic (exact) mass is 462 g/mol. The molecule has 1 unspecified atom stereocenters. The molecule has 1 aromatic heterocycles. The third-order valence-electron chi connectivity index (χ3n) is 5.44. The number of aliphatic carboxylic acids is 1. The van der Waals surface area contributed by atoms with Crippen molar-refractivity contribution in [3.63, 3.8) is 0 Å². The minimum atomic E-state index is -0.938. The lowest BCUT2D eigenvalue weighted by Gasteiger charge is -2.15. The largest absolute Gasteiger partial charge is 0.497 e. The predicted octanol–water partition coefficient (Wildman–Crippen LogP) is 5.62.